The molecule has 4 heteroatoms. The van der Waals surface area contributed by atoms with E-state index in [2.05, 4.69) is 25.4 Å². The number of carbonyl (C=O) groups is 1. The largest absolute Gasteiger partial charge is 0.345 e. The molecule has 0 aromatic heterocycles. The number of amides is 1. The van der Waals surface area contributed by atoms with Gasteiger partial charge >= 0.3 is 0 Å². The van der Waals surface area contributed by atoms with Gasteiger partial charge < -0.3 is 10.2 Å². The summed E-state index contributed by atoms with van der Waals surface area (Å²) in [6.07, 6.45) is 2.08. The molecule has 84 valence electrons. The van der Waals surface area contributed by atoms with E-state index in [1.807, 2.05) is 14.0 Å². The lowest BCUT2D eigenvalue weighted by atomic mass is 10.2. The number of thioether (sulfide) groups is 1. The Hall–Kier alpha value is -0.220. The second kappa shape index (κ2) is 6.30. The van der Waals surface area contributed by atoms with Crippen molar-refractivity contribution in [2.45, 2.75) is 25.5 Å². The van der Waals surface area contributed by atoms with E-state index < -0.39 is 0 Å². The van der Waals surface area contributed by atoms with Gasteiger partial charge in [-0.15, -0.1) is 0 Å². The predicted octanol–water partition coefficient (Wildman–Crippen LogP) is 1.20. The number of rotatable bonds is 6. The molecule has 0 saturated carbocycles. The van der Waals surface area contributed by atoms with Crippen LogP contribution in [-0.4, -0.2) is 48.5 Å². The summed E-state index contributed by atoms with van der Waals surface area (Å²) in [6, 6.07) is 0. The molecule has 14 heavy (non-hydrogen) atoms. The third-order valence-electron chi connectivity index (χ3n) is 2.28. The summed E-state index contributed by atoms with van der Waals surface area (Å²) < 4.78 is 0.199. The van der Waals surface area contributed by atoms with Gasteiger partial charge in [-0.25, -0.2) is 0 Å². The van der Waals surface area contributed by atoms with E-state index in [0.717, 1.165) is 13.1 Å². The zero-order chi connectivity index (χ0) is 11.2. The fraction of sp³-hybridized carbons (Fsp3) is 0.900. The predicted molar refractivity (Wildman–Crippen MR) is 63.8 cm³/mol. The number of likely N-dealkylation sites (N-methyl/N-ethyl adjacent to an activating group) is 1. The molecular weight excluding hydrogens is 196 g/mol. The molecule has 0 heterocycles. The van der Waals surface area contributed by atoms with E-state index in [0.29, 0.717) is 6.54 Å². The topological polar surface area (TPSA) is 32.3 Å². The monoisotopic (exact) mass is 218 g/mol. The molecule has 0 rings (SSSR count). The smallest absolute Gasteiger partial charge is 0.236 e. The number of nitrogens with zero attached hydrogens (tertiary/aromatic N) is 1. The first-order valence-corrected chi connectivity index (χ1v) is 6.15. The van der Waals surface area contributed by atoms with Crippen LogP contribution in [-0.2, 0) is 4.79 Å². The second-order valence-electron chi connectivity index (χ2n) is 3.98. The lowest BCUT2D eigenvalue weighted by molar-refractivity contribution is -0.128. The molecule has 0 bridgehead atoms. The minimum absolute atomic E-state index is 0.157. The molecule has 0 aliphatic carbocycles. The first-order valence-electron chi connectivity index (χ1n) is 4.92. The van der Waals surface area contributed by atoms with Crippen molar-refractivity contribution in [1.29, 1.82) is 0 Å². The highest BCUT2D eigenvalue weighted by molar-refractivity contribution is 7.99. The first kappa shape index (κ1) is 13.8. The zero-order valence-corrected chi connectivity index (χ0v) is 10.7. The molecule has 0 saturated heterocycles. The summed E-state index contributed by atoms with van der Waals surface area (Å²) in [7, 11) is 1.82. The number of carbonyl (C=O) groups excluding carboxylic acids is 1. The summed E-state index contributed by atoms with van der Waals surface area (Å²) in [5.41, 5.74) is 0. The Morgan fingerprint density at radius 3 is 2.50 bits per heavy atom. The fourth-order valence-corrected chi connectivity index (χ4v) is 1.10. The van der Waals surface area contributed by atoms with Crippen molar-refractivity contribution in [3.63, 3.8) is 0 Å². The van der Waals surface area contributed by atoms with Crippen molar-refractivity contribution < 1.29 is 4.79 Å². The highest BCUT2D eigenvalue weighted by atomic mass is 32.2. The van der Waals surface area contributed by atoms with Crippen LogP contribution < -0.4 is 5.32 Å². The van der Waals surface area contributed by atoms with E-state index >= 15 is 0 Å². The number of nitrogens with one attached hydrogen (secondary N) is 1. The summed E-state index contributed by atoms with van der Waals surface area (Å²) in [5.74, 6) is 0.157. The van der Waals surface area contributed by atoms with E-state index in [1.54, 1.807) is 16.7 Å². The van der Waals surface area contributed by atoms with Crippen LogP contribution in [0, 0.1) is 0 Å². The number of hydrogen-bond acceptors (Lipinski definition) is 3. The molecule has 0 aromatic rings. The Bertz CT molecular complexity index is 183. The third kappa shape index (κ3) is 5.50. The standard InChI is InChI=1S/C10H22N2OS/c1-6-12(4)9(13)7-11-8-10(2,3)14-5/h11H,6-8H2,1-5H3. The summed E-state index contributed by atoms with van der Waals surface area (Å²) in [5, 5.41) is 3.18. The molecule has 1 amide bonds. The minimum atomic E-state index is 0.157. The first-order chi connectivity index (χ1) is 6.43. The molecule has 0 atom stereocenters. The Morgan fingerprint density at radius 2 is 2.07 bits per heavy atom. The molecular formula is C10H22N2OS. The maximum Gasteiger partial charge on any atom is 0.236 e. The van der Waals surface area contributed by atoms with E-state index in [9.17, 15) is 4.79 Å². The maximum atomic E-state index is 11.4. The van der Waals surface area contributed by atoms with Gasteiger partial charge in [0.05, 0.1) is 6.54 Å². The van der Waals surface area contributed by atoms with Gasteiger partial charge in [-0.05, 0) is 27.0 Å². The summed E-state index contributed by atoms with van der Waals surface area (Å²) in [6.45, 7) is 8.37. The third-order valence-corrected chi connectivity index (χ3v) is 3.53. The van der Waals surface area contributed by atoms with Gasteiger partial charge in [0.2, 0.25) is 5.91 Å². The molecule has 3 nitrogen and oxygen atoms in total. The van der Waals surface area contributed by atoms with Gasteiger partial charge in [0, 0.05) is 24.9 Å². The van der Waals surface area contributed by atoms with Crippen molar-refractivity contribution in [3.8, 4) is 0 Å². The fourth-order valence-electron chi connectivity index (χ4n) is 0.854. The van der Waals surface area contributed by atoms with Crippen LogP contribution in [0.4, 0.5) is 0 Å². The summed E-state index contributed by atoms with van der Waals surface area (Å²) >= 11 is 1.81. The van der Waals surface area contributed by atoms with Crippen molar-refractivity contribution in [3.05, 3.63) is 0 Å². The van der Waals surface area contributed by atoms with E-state index in [-0.39, 0.29) is 10.7 Å². The normalized spacial score (nSPS) is 11.5. The van der Waals surface area contributed by atoms with Crippen LogP contribution in [0.5, 0.6) is 0 Å². The van der Waals surface area contributed by atoms with Crippen LogP contribution in [0.3, 0.4) is 0 Å². The molecule has 0 fully saturated rings. The lowest BCUT2D eigenvalue weighted by Crippen LogP contribution is -2.40. The van der Waals surface area contributed by atoms with Gasteiger partial charge in [0.25, 0.3) is 0 Å². The van der Waals surface area contributed by atoms with Crippen molar-refractivity contribution in [1.82, 2.24) is 10.2 Å². The average Bonchev–Trinajstić information content (AvgIpc) is 2.16. The average molecular weight is 218 g/mol. The Kier molecular flexibility index (Phi) is 6.20. The molecule has 0 aromatic carbocycles. The van der Waals surface area contributed by atoms with Crippen LogP contribution in [0.25, 0.3) is 0 Å². The molecule has 0 radical (unpaired) electrons. The van der Waals surface area contributed by atoms with Crippen molar-refractivity contribution in [2.24, 2.45) is 0 Å². The van der Waals surface area contributed by atoms with Gasteiger partial charge in [0.1, 0.15) is 0 Å². The Balaban J connectivity index is 3.69. The maximum absolute atomic E-state index is 11.4. The van der Waals surface area contributed by atoms with Crippen molar-refractivity contribution >= 4 is 17.7 Å². The highest BCUT2D eigenvalue weighted by Crippen LogP contribution is 2.19. The zero-order valence-electron chi connectivity index (χ0n) is 9.89. The van der Waals surface area contributed by atoms with Gasteiger partial charge in [-0.2, -0.15) is 11.8 Å². The van der Waals surface area contributed by atoms with Crippen molar-refractivity contribution in [2.75, 3.05) is 32.9 Å². The van der Waals surface area contributed by atoms with Crippen LogP contribution in [0.2, 0.25) is 0 Å². The molecule has 0 unspecified atom stereocenters. The highest BCUT2D eigenvalue weighted by Gasteiger charge is 2.16. The lowest BCUT2D eigenvalue weighted by Gasteiger charge is -2.23. The van der Waals surface area contributed by atoms with Crippen LogP contribution >= 0.6 is 11.8 Å². The quantitative estimate of drug-likeness (QED) is 0.727. The minimum Gasteiger partial charge on any atom is -0.345 e. The van der Waals surface area contributed by atoms with Crippen LogP contribution in [0.1, 0.15) is 20.8 Å². The Labute approximate surface area is 91.6 Å². The molecule has 0 aliphatic heterocycles. The van der Waals surface area contributed by atoms with E-state index in [4.69, 9.17) is 0 Å². The number of hydrogen-bond donors (Lipinski definition) is 1. The van der Waals surface area contributed by atoms with Crippen LogP contribution in [0.15, 0.2) is 0 Å². The molecule has 1 N–H and O–H groups in total. The van der Waals surface area contributed by atoms with E-state index in [1.165, 1.54) is 0 Å². The van der Waals surface area contributed by atoms with Gasteiger partial charge in [0.15, 0.2) is 0 Å². The van der Waals surface area contributed by atoms with Gasteiger partial charge in [-0.1, -0.05) is 0 Å². The molecule has 0 aliphatic rings. The molecule has 0 spiro atoms. The second-order valence-corrected chi connectivity index (χ2v) is 5.49. The summed E-state index contributed by atoms with van der Waals surface area (Å²) in [4.78, 5) is 13.1. The van der Waals surface area contributed by atoms with Gasteiger partial charge in [-0.3, -0.25) is 4.79 Å². The Morgan fingerprint density at radius 1 is 1.50 bits per heavy atom. The SMILES string of the molecule is CCN(C)C(=O)CNCC(C)(C)SC.